The maximum atomic E-state index is 13.7. The molecule has 0 saturated heterocycles. The molecule has 34 heavy (non-hydrogen) atoms. The van der Waals surface area contributed by atoms with Crippen LogP contribution in [0.5, 0.6) is 0 Å². The lowest BCUT2D eigenvalue weighted by Gasteiger charge is -2.14. The maximum Gasteiger partial charge on any atom is 0.417 e. The number of allylic oxidation sites excluding steroid dienone is 2. The topological polar surface area (TPSA) is 61.7 Å². The van der Waals surface area contributed by atoms with Crippen LogP contribution in [0.4, 0.5) is 18.9 Å². The van der Waals surface area contributed by atoms with Crippen molar-refractivity contribution in [3.8, 4) is 0 Å². The summed E-state index contributed by atoms with van der Waals surface area (Å²) >= 11 is 11.7. The van der Waals surface area contributed by atoms with Gasteiger partial charge in [-0.05, 0) is 54.0 Å². The molecule has 0 saturated carbocycles. The number of halogens is 5. The van der Waals surface area contributed by atoms with E-state index in [1.54, 1.807) is 0 Å². The number of carbonyl (C=O) groups is 1. The highest BCUT2D eigenvalue weighted by atomic mass is 35.5. The number of alkyl halides is 3. The summed E-state index contributed by atoms with van der Waals surface area (Å²) in [6, 6.07) is 19.0. The first-order valence-electron chi connectivity index (χ1n) is 10.1. The predicted molar refractivity (Wildman–Crippen MR) is 129 cm³/mol. The number of oxime groups is 1. The molecule has 0 bridgehead atoms. The zero-order chi connectivity index (χ0) is 24.7. The number of hydrogen-bond acceptors (Lipinski definition) is 3. The molecule has 0 unspecified atom stereocenters. The first kappa shape index (κ1) is 25.3. The molecule has 0 radical (unpaired) electrons. The van der Waals surface area contributed by atoms with E-state index in [-0.39, 0.29) is 39.2 Å². The van der Waals surface area contributed by atoms with Gasteiger partial charge in [0.1, 0.15) is 5.71 Å². The van der Waals surface area contributed by atoms with Gasteiger partial charge in [-0.25, -0.2) is 0 Å². The van der Waals surface area contributed by atoms with Crippen LogP contribution in [0.25, 0.3) is 5.57 Å². The van der Waals surface area contributed by atoms with Crippen LogP contribution in [0.2, 0.25) is 10.0 Å². The highest BCUT2D eigenvalue weighted by Crippen LogP contribution is 2.36. The van der Waals surface area contributed by atoms with Crippen molar-refractivity contribution in [2.24, 2.45) is 5.16 Å². The Bertz CT molecular complexity index is 1190. The number of anilines is 1. The lowest BCUT2D eigenvalue weighted by atomic mass is 10.0. The molecule has 2 N–H and O–H groups in total. The van der Waals surface area contributed by atoms with E-state index in [0.29, 0.717) is 18.2 Å². The summed E-state index contributed by atoms with van der Waals surface area (Å²) in [5.41, 5.74) is 0.0206. The van der Waals surface area contributed by atoms with Crippen LogP contribution in [0.3, 0.4) is 0 Å². The first-order valence-corrected chi connectivity index (χ1v) is 10.8. The molecule has 0 atom stereocenters. The predicted octanol–water partition coefficient (Wildman–Crippen LogP) is 7.39. The molecule has 0 fully saturated rings. The third-order valence-corrected chi connectivity index (χ3v) is 5.25. The smallest absolute Gasteiger partial charge is 0.410 e. The van der Waals surface area contributed by atoms with Crippen molar-refractivity contribution in [2.75, 3.05) is 5.32 Å². The SMILES string of the molecule is O=C(CCc1ccccc1)Nc1ccc(C(/C=C(/c2cc(Cl)cc(Cl)c2)C(F)(F)F)=N\O)cc1. The number of hydrogen-bond donors (Lipinski definition) is 2. The fourth-order valence-electron chi connectivity index (χ4n) is 3.20. The second-order valence-electron chi connectivity index (χ2n) is 7.31. The molecule has 3 aromatic rings. The van der Waals surface area contributed by atoms with Gasteiger partial charge in [-0.15, -0.1) is 0 Å². The number of amides is 1. The maximum absolute atomic E-state index is 13.7. The molecule has 3 rings (SSSR count). The second-order valence-corrected chi connectivity index (χ2v) is 8.18. The zero-order valence-electron chi connectivity index (χ0n) is 17.6. The van der Waals surface area contributed by atoms with Crippen LogP contribution in [-0.2, 0) is 11.2 Å². The summed E-state index contributed by atoms with van der Waals surface area (Å²) in [7, 11) is 0. The molecule has 176 valence electrons. The molecule has 0 heterocycles. The highest BCUT2D eigenvalue weighted by Gasteiger charge is 2.35. The summed E-state index contributed by atoms with van der Waals surface area (Å²) in [6.07, 6.45) is -3.22. The summed E-state index contributed by atoms with van der Waals surface area (Å²) in [6.45, 7) is 0. The van der Waals surface area contributed by atoms with Crippen LogP contribution in [0.15, 0.2) is 84.0 Å². The number of nitrogens with one attached hydrogen (secondary N) is 1. The van der Waals surface area contributed by atoms with Gasteiger partial charge in [-0.3, -0.25) is 4.79 Å². The van der Waals surface area contributed by atoms with Gasteiger partial charge in [0, 0.05) is 27.7 Å². The summed E-state index contributed by atoms with van der Waals surface area (Å²) in [5, 5.41) is 15.2. The van der Waals surface area contributed by atoms with Crippen LogP contribution in [-0.4, -0.2) is 23.0 Å². The average Bonchev–Trinajstić information content (AvgIpc) is 2.78. The lowest BCUT2D eigenvalue weighted by Crippen LogP contribution is -2.14. The van der Waals surface area contributed by atoms with Crippen molar-refractivity contribution in [1.29, 1.82) is 0 Å². The van der Waals surface area contributed by atoms with Crippen molar-refractivity contribution in [1.82, 2.24) is 0 Å². The number of benzene rings is 3. The van der Waals surface area contributed by atoms with Gasteiger partial charge in [0.05, 0.1) is 5.57 Å². The molecule has 1 amide bonds. The van der Waals surface area contributed by atoms with E-state index in [9.17, 15) is 23.2 Å². The Morgan fingerprint density at radius 1 is 0.941 bits per heavy atom. The summed E-state index contributed by atoms with van der Waals surface area (Å²) in [4.78, 5) is 12.2. The van der Waals surface area contributed by atoms with Gasteiger partial charge >= 0.3 is 6.18 Å². The molecule has 0 spiro atoms. The number of nitrogens with zero attached hydrogens (tertiary/aromatic N) is 1. The Balaban J connectivity index is 1.77. The lowest BCUT2D eigenvalue weighted by molar-refractivity contribution is -0.116. The Morgan fingerprint density at radius 3 is 2.12 bits per heavy atom. The summed E-state index contributed by atoms with van der Waals surface area (Å²) in [5.74, 6) is -0.204. The fourth-order valence-corrected chi connectivity index (χ4v) is 3.72. The van der Waals surface area contributed by atoms with E-state index in [1.165, 1.54) is 30.3 Å². The van der Waals surface area contributed by atoms with Crippen molar-refractivity contribution < 1.29 is 23.2 Å². The van der Waals surface area contributed by atoms with Gasteiger partial charge < -0.3 is 10.5 Å². The third-order valence-electron chi connectivity index (χ3n) is 4.82. The van der Waals surface area contributed by atoms with Gasteiger partial charge in [0.25, 0.3) is 0 Å². The van der Waals surface area contributed by atoms with Crippen molar-refractivity contribution >= 4 is 46.1 Å². The Morgan fingerprint density at radius 2 is 1.56 bits per heavy atom. The van der Waals surface area contributed by atoms with E-state index in [0.717, 1.165) is 17.7 Å². The van der Waals surface area contributed by atoms with Gasteiger partial charge in [-0.1, -0.05) is 70.8 Å². The number of aryl methyl sites for hydroxylation is 1. The second kappa shape index (κ2) is 11.2. The molecular formula is C25H19Cl2F3N2O2. The van der Waals surface area contributed by atoms with Crippen LogP contribution in [0.1, 0.15) is 23.1 Å². The van der Waals surface area contributed by atoms with Crippen molar-refractivity contribution in [3.63, 3.8) is 0 Å². The van der Waals surface area contributed by atoms with Crippen LogP contribution < -0.4 is 5.32 Å². The fraction of sp³-hybridized carbons (Fsp3) is 0.120. The molecule has 0 aliphatic heterocycles. The van der Waals surface area contributed by atoms with Gasteiger partial charge in [0.15, 0.2) is 0 Å². The Hall–Kier alpha value is -3.29. The first-order chi connectivity index (χ1) is 16.2. The average molecular weight is 507 g/mol. The Labute approximate surface area is 204 Å². The highest BCUT2D eigenvalue weighted by molar-refractivity contribution is 6.35. The molecule has 0 aromatic heterocycles. The molecule has 4 nitrogen and oxygen atoms in total. The molecule has 9 heteroatoms. The van der Waals surface area contributed by atoms with Gasteiger partial charge in [0.2, 0.25) is 5.91 Å². The minimum absolute atomic E-state index is 0.0347. The van der Waals surface area contributed by atoms with Crippen molar-refractivity contribution in [2.45, 2.75) is 19.0 Å². The third kappa shape index (κ3) is 7.10. The minimum atomic E-state index is -4.77. The van der Waals surface area contributed by atoms with Crippen molar-refractivity contribution in [3.05, 3.63) is 106 Å². The number of carbonyl (C=O) groups excluding carboxylic acids is 1. The standard InChI is InChI=1S/C25H19Cl2F3N2O2/c26-19-12-18(13-20(27)14-19)22(25(28,29)30)15-23(32-34)17-7-9-21(10-8-17)31-24(33)11-6-16-4-2-1-3-5-16/h1-5,7-10,12-15,34H,6,11H2,(H,31,33)/b22-15-,32-23-. The normalized spacial score (nSPS) is 12.5. The largest absolute Gasteiger partial charge is 0.417 e. The zero-order valence-corrected chi connectivity index (χ0v) is 19.1. The van der Waals surface area contributed by atoms with E-state index >= 15 is 0 Å². The number of rotatable bonds is 7. The Kier molecular flexibility index (Phi) is 8.36. The van der Waals surface area contributed by atoms with Crippen LogP contribution in [0, 0.1) is 0 Å². The monoisotopic (exact) mass is 506 g/mol. The molecule has 0 aliphatic carbocycles. The van der Waals surface area contributed by atoms with E-state index in [4.69, 9.17) is 23.2 Å². The quantitative estimate of drug-likeness (QED) is 0.199. The van der Waals surface area contributed by atoms with E-state index < -0.39 is 11.7 Å². The van der Waals surface area contributed by atoms with E-state index in [1.807, 2.05) is 30.3 Å². The molecule has 3 aromatic carbocycles. The van der Waals surface area contributed by atoms with Gasteiger partial charge in [-0.2, -0.15) is 13.2 Å². The minimum Gasteiger partial charge on any atom is -0.410 e. The molecule has 0 aliphatic rings. The molecular weight excluding hydrogens is 488 g/mol. The summed E-state index contributed by atoms with van der Waals surface area (Å²) < 4.78 is 41.2. The van der Waals surface area contributed by atoms with E-state index in [2.05, 4.69) is 10.5 Å². The van der Waals surface area contributed by atoms with Crippen LogP contribution >= 0.6 is 23.2 Å².